The molecule has 0 bridgehead atoms. The highest BCUT2D eigenvalue weighted by Crippen LogP contribution is 2.42. The second kappa shape index (κ2) is 6.06. The van der Waals surface area contributed by atoms with Crippen LogP contribution in [0, 0.1) is 0 Å². The number of rotatable bonds is 3. The van der Waals surface area contributed by atoms with Gasteiger partial charge in [-0.2, -0.15) is 0 Å². The Hall–Kier alpha value is -3.14. The van der Waals surface area contributed by atoms with Crippen LogP contribution in [0.15, 0.2) is 79.1 Å². The van der Waals surface area contributed by atoms with Gasteiger partial charge in [0.1, 0.15) is 5.54 Å². The zero-order valence-corrected chi connectivity index (χ0v) is 13.8. The minimum absolute atomic E-state index is 0.408. The summed E-state index contributed by atoms with van der Waals surface area (Å²) in [5, 5.41) is 2.97. The number of carbonyl (C=O) groups excluding carboxylic acids is 1. The van der Waals surface area contributed by atoms with Crippen LogP contribution in [0.4, 0.5) is 4.79 Å². The zero-order valence-electron chi connectivity index (χ0n) is 13.8. The molecule has 1 aromatic heterocycles. The van der Waals surface area contributed by atoms with Crippen molar-refractivity contribution in [3.8, 4) is 11.1 Å². The van der Waals surface area contributed by atoms with Crippen molar-refractivity contribution < 1.29 is 9.53 Å². The summed E-state index contributed by atoms with van der Waals surface area (Å²) in [5.41, 5.74) is 3.27. The first-order valence-electron chi connectivity index (χ1n) is 8.21. The number of hydrogen-bond donors (Lipinski definition) is 1. The van der Waals surface area contributed by atoms with Crippen LogP contribution < -0.4 is 5.32 Å². The lowest BCUT2D eigenvalue weighted by molar-refractivity contribution is 0.112. The molecule has 0 radical (unpaired) electrons. The van der Waals surface area contributed by atoms with Gasteiger partial charge in [-0.25, -0.2) is 4.79 Å². The smallest absolute Gasteiger partial charge is 0.408 e. The molecule has 2 heterocycles. The number of nitrogens with zero attached hydrogens (tertiary/aromatic N) is 1. The monoisotopic (exact) mass is 330 g/mol. The van der Waals surface area contributed by atoms with E-state index < -0.39 is 17.7 Å². The molecule has 1 aliphatic heterocycles. The van der Waals surface area contributed by atoms with Crippen molar-refractivity contribution in [3.05, 3.63) is 90.3 Å². The summed E-state index contributed by atoms with van der Waals surface area (Å²) in [7, 11) is 0. The molecule has 1 fully saturated rings. The molecule has 0 saturated carbocycles. The third-order valence-corrected chi connectivity index (χ3v) is 4.66. The van der Waals surface area contributed by atoms with Crippen molar-refractivity contribution in [3.63, 3.8) is 0 Å². The maximum absolute atomic E-state index is 12.0. The third-order valence-electron chi connectivity index (χ3n) is 4.66. The molecule has 25 heavy (non-hydrogen) atoms. The van der Waals surface area contributed by atoms with Gasteiger partial charge < -0.3 is 10.1 Å². The molecule has 1 saturated heterocycles. The summed E-state index contributed by atoms with van der Waals surface area (Å²) >= 11 is 0. The van der Waals surface area contributed by atoms with Crippen molar-refractivity contribution in [1.29, 1.82) is 0 Å². The predicted octanol–water partition coefficient (Wildman–Crippen LogP) is 4.44. The molecule has 1 aliphatic rings. The molecule has 2 atom stereocenters. The molecule has 0 aliphatic carbocycles. The maximum atomic E-state index is 12.0. The average Bonchev–Trinajstić information content (AvgIpc) is 2.99. The summed E-state index contributed by atoms with van der Waals surface area (Å²) in [6.45, 7) is 1.97. The summed E-state index contributed by atoms with van der Waals surface area (Å²) in [4.78, 5) is 16.4. The van der Waals surface area contributed by atoms with Gasteiger partial charge in [-0.15, -0.1) is 0 Å². The van der Waals surface area contributed by atoms with Crippen LogP contribution in [0.2, 0.25) is 0 Å². The first-order valence-corrected chi connectivity index (χ1v) is 8.21. The van der Waals surface area contributed by atoms with Crippen molar-refractivity contribution in [2.24, 2.45) is 0 Å². The van der Waals surface area contributed by atoms with E-state index in [-0.39, 0.29) is 0 Å². The van der Waals surface area contributed by atoms with Gasteiger partial charge in [0.2, 0.25) is 0 Å². The highest BCUT2D eigenvalue weighted by Gasteiger charge is 2.47. The molecule has 4 rings (SSSR count). The Balaban J connectivity index is 1.78. The molecule has 4 heteroatoms. The minimum atomic E-state index is -0.684. The SMILES string of the molecule is C[C@@]1(c2cncc(-c3ccccc3)c2)NC(=O)O[C@@H]1c1ccccc1. The fourth-order valence-electron chi connectivity index (χ4n) is 3.30. The standard InChI is InChI=1S/C21H18N2O2/c1-21(19(25-20(24)23-21)16-10-6-3-7-11-16)18-12-17(13-22-14-18)15-8-4-2-5-9-15/h2-14,19H,1H3,(H,23,24)/t19-,21+/m1/s1. The molecular formula is C21H18N2O2. The quantitative estimate of drug-likeness (QED) is 0.772. The minimum Gasteiger partial charge on any atom is -0.438 e. The average molecular weight is 330 g/mol. The summed E-state index contributed by atoms with van der Waals surface area (Å²) in [6.07, 6.45) is 2.80. The largest absolute Gasteiger partial charge is 0.438 e. The zero-order chi connectivity index (χ0) is 17.3. The van der Waals surface area contributed by atoms with E-state index in [0.717, 1.165) is 22.3 Å². The van der Waals surface area contributed by atoms with E-state index in [1.807, 2.05) is 73.8 Å². The number of cyclic esters (lactones) is 1. The molecule has 124 valence electrons. The van der Waals surface area contributed by atoms with Gasteiger partial charge in [0, 0.05) is 23.5 Å². The number of carbonyl (C=O) groups is 1. The second-order valence-electron chi connectivity index (χ2n) is 6.35. The molecule has 0 spiro atoms. The van der Waals surface area contributed by atoms with E-state index in [1.54, 1.807) is 6.20 Å². The normalized spacial score (nSPS) is 22.3. The summed E-state index contributed by atoms with van der Waals surface area (Å²) in [6, 6.07) is 21.9. The van der Waals surface area contributed by atoms with Crippen LogP contribution in [0.5, 0.6) is 0 Å². The van der Waals surface area contributed by atoms with E-state index >= 15 is 0 Å². The van der Waals surface area contributed by atoms with Crippen molar-refractivity contribution in [2.75, 3.05) is 0 Å². The third kappa shape index (κ3) is 2.76. The Morgan fingerprint density at radius 1 is 0.960 bits per heavy atom. The van der Waals surface area contributed by atoms with E-state index in [2.05, 4.69) is 16.4 Å². The van der Waals surface area contributed by atoms with Gasteiger partial charge >= 0.3 is 6.09 Å². The van der Waals surface area contributed by atoms with Gasteiger partial charge in [0.25, 0.3) is 0 Å². The summed E-state index contributed by atoms with van der Waals surface area (Å²) in [5.74, 6) is 0. The molecule has 1 N–H and O–H groups in total. The lowest BCUT2D eigenvalue weighted by atomic mass is 9.83. The van der Waals surface area contributed by atoms with Gasteiger partial charge in [-0.05, 0) is 24.1 Å². The van der Waals surface area contributed by atoms with Crippen molar-refractivity contribution in [1.82, 2.24) is 10.3 Å². The van der Waals surface area contributed by atoms with E-state index in [9.17, 15) is 4.79 Å². The first kappa shape index (κ1) is 15.4. The van der Waals surface area contributed by atoms with Gasteiger partial charge in [-0.3, -0.25) is 4.98 Å². The highest BCUT2D eigenvalue weighted by atomic mass is 16.6. The Kier molecular flexibility index (Phi) is 3.73. The molecule has 1 amide bonds. The van der Waals surface area contributed by atoms with Gasteiger partial charge in [-0.1, -0.05) is 60.7 Å². The number of benzene rings is 2. The topological polar surface area (TPSA) is 51.2 Å². The molecule has 0 unspecified atom stereocenters. The fourth-order valence-corrected chi connectivity index (χ4v) is 3.30. The number of alkyl carbamates (subject to hydrolysis) is 1. The molecule has 2 aromatic carbocycles. The predicted molar refractivity (Wildman–Crippen MR) is 95.8 cm³/mol. The van der Waals surface area contributed by atoms with Crippen molar-refractivity contribution >= 4 is 6.09 Å². The maximum Gasteiger partial charge on any atom is 0.408 e. The number of ether oxygens (including phenoxy) is 1. The Bertz CT molecular complexity index is 896. The molecule has 4 nitrogen and oxygen atoms in total. The van der Waals surface area contributed by atoms with Gasteiger partial charge in [0.15, 0.2) is 6.10 Å². The van der Waals surface area contributed by atoms with Crippen LogP contribution >= 0.6 is 0 Å². The van der Waals surface area contributed by atoms with Crippen LogP contribution in [0.25, 0.3) is 11.1 Å². The Morgan fingerprint density at radius 2 is 1.64 bits per heavy atom. The lowest BCUT2D eigenvalue weighted by Crippen LogP contribution is -2.39. The van der Waals surface area contributed by atoms with E-state index in [0.29, 0.717) is 0 Å². The van der Waals surface area contributed by atoms with E-state index in [4.69, 9.17) is 4.74 Å². The van der Waals surface area contributed by atoms with Crippen LogP contribution in [-0.2, 0) is 10.3 Å². The number of pyridine rings is 1. The number of hydrogen-bond acceptors (Lipinski definition) is 3. The number of nitrogens with one attached hydrogen (secondary N) is 1. The van der Waals surface area contributed by atoms with Gasteiger partial charge in [0.05, 0.1) is 0 Å². The Morgan fingerprint density at radius 3 is 2.36 bits per heavy atom. The van der Waals surface area contributed by atoms with Crippen LogP contribution in [0.3, 0.4) is 0 Å². The fraction of sp³-hybridized carbons (Fsp3) is 0.143. The lowest BCUT2D eigenvalue weighted by Gasteiger charge is -2.29. The summed E-state index contributed by atoms with van der Waals surface area (Å²) < 4.78 is 5.59. The Labute approximate surface area is 146 Å². The highest BCUT2D eigenvalue weighted by molar-refractivity contribution is 5.73. The first-order chi connectivity index (χ1) is 12.2. The van der Waals surface area contributed by atoms with E-state index in [1.165, 1.54) is 0 Å². The molecule has 3 aromatic rings. The number of amides is 1. The van der Waals surface area contributed by atoms with Crippen LogP contribution in [0.1, 0.15) is 24.2 Å². The van der Waals surface area contributed by atoms with Crippen LogP contribution in [-0.4, -0.2) is 11.1 Å². The second-order valence-corrected chi connectivity index (χ2v) is 6.35. The van der Waals surface area contributed by atoms with Crippen molar-refractivity contribution in [2.45, 2.75) is 18.6 Å². The molecular weight excluding hydrogens is 312 g/mol. The number of aromatic nitrogens is 1.